The Balaban J connectivity index is 1.36. The molecule has 2 aromatic rings. The van der Waals surface area contributed by atoms with Gasteiger partial charge in [-0.2, -0.15) is 0 Å². The predicted octanol–water partition coefficient (Wildman–Crippen LogP) is 4.45. The lowest BCUT2D eigenvalue weighted by Gasteiger charge is -2.31. The summed E-state index contributed by atoms with van der Waals surface area (Å²) in [5, 5.41) is 3.48. The standard InChI is InChI=1S/C23H28ClFN2O2/c1-29-21-6-2-4-17(14-21)5-3-11-26-23(28)18-9-12-27(13-10-18)16-19-7-8-20(24)15-22(19)25/h2,4,6-8,14-15,18H,3,5,9-13,16H2,1H3,(H,26,28). The molecule has 1 heterocycles. The van der Waals surface area contributed by atoms with E-state index >= 15 is 0 Å². The molecule has 29 heavy (non-hydrogen) atoms. The molecule has 0 aromatic heterocycles. The van der Waals surface area contributed by atoms with E-state index in [2.05, 4.69) is 16.3 Å². The number of aryl methyl sites for hydroxylation is 1. The monoisotopic (exact) mass is 418 g/mol. The first-order valence-corrected chi connectivity index (χ1v) is 10.5. The first-order valence-electron chi connectivity index (χ1n) is 10.1. The Labute approximate surface area is 177 Å². The minimum absolute atomic E-state index is 0.0399. The Morgan fingerprint density at radius 1 is 1.24 bits per heavy atom. The Bertz CT molecular complexity index is 822. The van der Waals surface area contributed by atoms with Crippen molar-refractivity contribution in [3.05, 3.63) is 64.4 Å². The number of amides is 1. The van der Waals surface area contributed by atoms with Gasteiger partial charge in [0.05, 0.1) is 7.11 Å². The first-order chi connectivity index (χ1) is 14.0. The van der Waals surface area contributed by atoms with E-state index in [4.69, 9.17) is 16.3 Å². The van der Waals surface area contributed by atoms with E-state index < -0.39 is 0 Å². The Morgan fingerprint density at radius 3 is 2.76 bits per heavy atom. The van der Waals surface area contributed by atoms with Crippen molar-refractivity contribution in [2.24, 2.45) is 5.92 Å². The molecule has 6 heteroatoms. The molecule has 0 aliphatic carbocycles. The average molecular weight is 419 g/mol. The van der Waals surface area contributed by atoms with E-state index in [0.717, 1.165) is 44.5 Å². The highest BCUT2D eigenvalue weighted by Crippen LogP contribution is 2.22. The van der Waals surface area contributed by atoms with Crippen LogP contribution in [0, 0.1) is 11.7 Å². The largest absolute Gasteiger partial charge is 0.497 e. The summed E-state index contributed by atoms with van der Waals surface area (Å²) in [7, 11) is 1.66. The number of nitrogens with one attached hydrogen (secondary N) is 1. The van der Waals surface area contributed by atoms with Crippen LogP contribution in [-0.2, 0) is 17.8 Å². The quantitative estimate of drug-likeness (QED) is 0.644. The molecule has 0 saturated carbocycles. The number of nitrogens with zero attached hydrogens (tertiary/aromatic N) is 1. The topological polar surface area (TPSA) is 41.6 Å². The van der Waals surface area contributed by atoms with Gasteiger partial charge in [-0.05, 0) is 68.6 Å². The number of methoxy groups -OCH3 is 1. The van der Waals surface area contributed by atoms with Crippen molar-refractivity contribution >= 4 is 17.5 Å². The van der Waals surface area contributed by atoms with E-state index in [9.17, 15) is 9.18 Å². The maximum absolute atomic E-state index is 14.0. The van der Waals surface area contributed by atoms with Crippen molar-refractivity contribution in [1.82, 2.24) is 10.2 Å². The summed E-state index contributed by atoms with van der Waals surface area (Å²) in [5.41, 5.74) is 1.86. The molecule has 3 rings (SSSR count). The number of benzene rings is 2. The van der Waals surface area contributed by atoms with E-state index in [0.29, 0.717) is 23.7 Å². The summed E-state index contributed by atoms with van der Waals surface area (Å²) in [6.45, 7) is 2.82. The van der Waals surface area contributed by atoms with E-state index in [1.807, 2.05) is 18.2 Å². The average Bonchev–Trinajstić information content (AvgIpc) is 2.74. The van der Waals surface area contributed by atoms with Crippen molar-refractivity contribution < 1.29 is 13.9 Å². The van der Waals surface area contributed by atoms with E-state index in [-0.39, 0.29) is 17.6 Å². The third-order valence-corrected chi connectivity index (χ3v) is 5.68. The molecule has 0 spiro atoms. The Morgan fingerprint density at radius 2 is 2.03 bits per heavy atom. The van der Waals surface area contributed by atoms with Gasteiger partial charge >= 0.3 is 0 Å². The zero-order chi connectivity index (χ0) is 20.6. The van der Waals surface area contributed by atoms with Gasteiger partial charge in [-0.15, -0.1) is 0 Å². The van der Waals surface area contributed by atoms with Gasteiger partial charge in [-0.3, -0.25) is 9.69 Å². The van der Waals surface area contributed by atoms with E-state index in [1.54, 1.807) is 19.2 Å². The summed E-state index contributed by atoms with van der Waals surface area (Å²) in [5.74, 6) is 0.760. The number of ether oxygens (including phenoxy) is 1. The second-order valence-corrected chi connectivity index (χ2v) is 7.97. The molecule has 1 saturated heterocycles. The molecule has 1 aliphatic rings. The number of piperidine rings is 1. The summed E-state index contributed by atoms with van der Waals surface area (Å²) >= 11 is 5.81. The summed E-state index contributed by atoms with van der Waals surface area (Å²) in [6.07, 6.45) is 3.41. The van der Waals surface area contributed by atoms with Crippen LogP contribution in [0.5, 0.6) is 5.75 Å². The van der Waals surface area contributed by atoms with Crippen LogP contribution in [0.25, 0.3) is 0 Å². The fourth-order valence-electron chi connectivity index (χ4n) is 3.72. The van der Waals surface area contributed by atoms with Crippen LogP contribution >= 0.6 is 11.6 Å². The number of likely N-dealkylation sites (tertiary alicyclic amines) is 1. The molecule has 1 amide bonds. The van der Waals surface area contributed by atoms with Gasteiger partial charge in [0.1, 0.15) is 11.6 Å². The highest BCUT2D eigenvalue weighted by molar-refractivity contribution is 6.30. The van der Waals surface area contributed by atoms with Crippen LogP contribution in [0.1, 0.15) is 30.4 Å². The van der Waals surface area contributed by atoms with Gasteiger partial charge in [0, 0.05) is 29.6 Å². The van der Waals surface area contributed by atoms with Gasteiger partial charge in [0.2, 0.25) is 5.91 Å². The molecule has 1 N–H and O–H groups in total. The van der Waals surface area contributed by atoms with Gasteiger partial charge in [0.25, 0.3) is 0 Å². The molecular weight excluding hydrogens is 391 g/mol. The summed E-state index contributed by atoms with van der Waals surface area (Å²) < 4.78 is 19.2. The fraction of sp³-hybridized carbons (Fsp3) is 0.435. The van der Waals surface area contributed by atoms with Gasteiger partial charge in [-0.25, -0.2) is 4.39 Å². The third-order valence-electron chi connectivity index (χ3n) is 5.44. The van der Waals surface area contributed by atoms with Gasteiger partial charge in [-0.1, -0.05) is 29.8 Å². The number of carbonyl (C=O) groups excluding carboxylic acids is 1. The van der Waals surface area contributed by atoms with Crippen LogP contribution < -0.4 is 10.1 Å². The third kappa shape index (κ3) is 6.44. The fourth-order valence-corrected chi connectivity index (χ4v) is 3.88. The number of rotatable bonds is 8. The molecule has 156 valence electrons. The van der Waals surface area contributed by atoms with Gasteiger partial charge < -0.3 is 10.1 Å². The minimum atomic E-state index is -0.270. The molecule has 0 atom stereocenters. The van der Waals surface area contributed by atoms with Crippen molar-refractivity contribution in [3.8, 4) is 5.75 Å². The van der Waals surface area contributed by atoms with Crippen molar-refractivity contribution in [2.75, 3.05) is 26.7 Å². The minimum Gasteiger partial charge on any atom is -0.497 e. The molecule has 4 nitrogen and oxygen atoms in total. The zero-order valence-electron chi connectivity index (χ0n) is 16.8. The lowest BCUT2D eigenvalue weighted by Crippen LogP contribution is -2.40. The lowest BCUT2D eigenvalue weighted by atomic mass is 9.95. The van der Waals surface area contributed by atoms with Crippen LogP contribution in [0.3, 0.4) is 0 Å². The Hall–Kier alpha value is -2.11. The Kier molecular flexibility index (Phi) is 7.90. The summed E-state index contributed by atoms with van der Waals surface area (Å²) in [4.78, 5) is 14.6. The highest BCUT2D eigenvalue weighted by atomic mass is 35.5. The highest BCUT2D eigenvalue weighted by Gasteiger charge is 2.25. The van der Waals surface area contributed by atoms with Crippen LogP contribution in [0.4, 0.5) is 4.39 Å². The molecule has 0 radical (unpaired) electrons. The molecule has 0 unspecified atom stereocenters. The number of hydrogen-bond acceptors (Lipinski definition) is 3. The lowest BCUT2D eigenvalue weighted by molar-refractivity contribution is -0.126. The predicted molar refractivity (Wildman–Crippen MR) is 114 cm³/mol. The molecule has 0 bridgehead atoms. The van der Waals surface area contributed by atoms with Crippen LogP contribution in [0.2, 0.25) is 5.02 Å². The molecule has 2 aromatic carbocycles. The molecule has 1 fully saturated rings. The normalized spacial score (nSPS) is 15.3. The van der Waals surface area contributed by atoms with Crippen molar-refractivity contribution in [1.29, 1.82) is 0 Å². The van der Waals surface area contributed by atoms with Crippen LogP contribution in [-0.4, -0.2) is 37.6 Å². The number of carbonyl (C=O) groups is 1. The number of hydrogen-bond donors (Lipinski definition) is 1. The SMILES string of the molecule is COc1cccc(CCCNC(=O)C2CCN(Cc3ccc(Cl)cc3F)CC2)c1. The van der Waals surface area contributed by atoms with E-state index in [1.165, 1.54) is 11.6 Å². The second-order valence-electron chi connectivity index (χ2n) is 7.53. The van der Waals surface area contributed by atoms with Crippen molar-refractivity contribution in [3.63, 3.8) is 0 Å². The maximum atomic E-state index is 14.0. The van der Waals surface area contributed by atoms with Crippen LogP contribution in [0.15, 0.2) is 42.5 Å². The maximum Gasteiger partial charge on any atom is 0.223 e. The molecule has 1 aliphatic heterocycles. The smallest absolute Gasteiger partial charge is 0.223 e. The zero-order valence-corrected chi connectivity index (χ0v) is 17.6. The first kappa shape index (κ1) is 21.6. The summed E-state index contributed by atoms with van der Waals surface area (Å²) in [6, 6.07) is 12.8. The number of halogens is 2. The van der Waals surface area contributed by atoms with Gasteiger partial charge in [0.15, 0.2) is 0 Å². The second kappa shape index (κ2) is 10.6. The molecular formula is C23H28ClFN2O2. The van der Waals surface area contributed by atoms with Crippen molar-refractivity contribution in [2.45, 2.75) is 32.2 Å².